The van der Waals surface area contributed by atoms with E-state index in [9.17, 15) is 0 Å². The third-order valence-electron chi connectivity index (χ3n) is 3.34. The molecule has 0 amide bonds. The average Bonchev–Trinajstić information content (AvgIpc) is 2.38. The first-order valence-electron chi connectivity index (χ1n) is 6.33. The van der Waals surface area contributed by atoms with E-state index >= 15 is 0 Å². The molecule has 2 aromatic rings. The molecule has 0 radical (unpaired) electrons. The number of rotatable bonds is 4. The van der Waals surface area contributed by atoms with Gasteiger partial charge >= 0.3 is 0 Å². The van der Waals surface area contributed by atoms with Crippen molar-refractivity contribution in [1.82, 2.24) is 5.32 Å². The Morgan fingerprint density at radius 2 is 1.68 bits per heavy atom. The molecule has 0 atom stereocenters. The molecule has 0 aliphatic carbocycles. The van der Waals surface area contributed by atoms with Crippen LogP contribution in [-0.4, -0.2) is 0 Å². The van der Waals surface area contributed by atoms with Gasteiger partial charge in [-0.1, -0.05) is 46.3 Å². The number of para-hydroxylation sites is 1. The minimum absolute atomic E-state index is 0.0943. The Balaban J connectivity index is 2.09. The molecule has 2 rings (SSSR count). The zero-order chi connectivity index (χ0) is 13.9. The van der Waals surface area contributed by atoms with Gasteiger partial charge in [-0.25, -0.2) is 0 Å². The topological polar surface area (TPSA) is 38.0 Å². The predicted molar refractivity (Wildman–Crippen MR) is 84.9 cm³/mol. The highest BCUT2D eigenvalue weighted by molar-refractivity contribution is 9.10. The fourth-order valence-electron chi connectivity index (χ4n) is 1.98. The van der Waals surface area contributed by atoms with Crippen LogP contribution in [0, 0.1) is 0 Å². The van der Waals surface area contributed by atoms with Gasteiger partial charge in [0.05, 0.1) is 0 Å². The summed E-state index contributed by atoms with van der Waals surface area (Å²) in [6.45, 7) is 5.11. The minimum Gasteiger partial charge on any atom is -0.398 e. The summed E-state index contributed by atoms with van der Waals surface area (Å²) in [4.78, 5) is 0. The van der Waals surface area contributed by atoms with Crippen molar-refractivity contribution in [2.24, 2.45) is 0 Å². The van der Waals surface area contributed by atoms with Crippen LogP contribution in [0.4, 0.5) is 5.69 Å². The number of hydrogen-bond donors (Lipinski definition) is 2. The molecular weight excluding hydrogens is 300 g/mol. The summed E-state index contributed by atoms with van der Waals surface area (Å²) in [6.07, 6.45) is 0. The Bertz CT molecular complexity index is 547. The summed E-state index contributed by atoms with van der Waals surface area (Å²) in [6, 6.07) is 16.4. The van der Waals surface area contributed by atoms with Crippen LogP contribution >= 0.6 is 15.9 Å². The van der Waals surface area contributed by atoms with E-state index in [0.717, 1.165) is 22.3 Å². The Kier molecular flexibility index (Phi) is 4.27. The SMILES string of the molecule is CC(C)(NCc1ccccc1N)c1ccc(Br)cc1. The summed E-state index contributed by atoms with van der Waals surface area (Å²) in [5.74, 6) is 0. The van der Waals surface area contributed by atoms with E-state index in [2.05, 4.69) is 65.4 Å². The molecule has 0 saturated heterocycles. The van der Waals surface area contributed by atoms with Gasteiger partial charge in [-0.2, -0.15) is 0 Å². The smallest absolute Gasteiger partial charge is 0.0380 e. The lowest BCUT2D eigenvalue weighted by Crippen LogP contribution is -2.36. The highest BCUT2D eigenvalue weighted by atomic mass is 79.9. The number of halogens is 1. The second kappa shape index (κ2) is 5.76. The fourth-order valence-corrected chi connectivity index (χ4v) is 2.24. The Morgan fingerprint density at radius 1 is 1.05 bits per heavy atom. The molecule has 0 saturated carbocycles. The number of benzene rings is 2. The maximum atomic E-state index is 5.96. The number of anilines is 1. The number of nitrogens with one attached hydrogen (secondary N) is 1. The lowest BCUT2D eigenvalue weighted by atomic mass is 9.94. The summed E-state index contributed by atoms with van der Waals surface area (Å²) in [7, 11) is 0. The van der Waals surface area contributed by atoms with Crippen molar-refractivity contribution in [3.8, 4) is 0 Å². The quantitative estimate of drug-likeness (QED) is 0.834. The van der Waals surface area contributed by atoms with Gasteiger partial charge in [0.2, 0.25) is 0 Å². The van der Waals surface area contributed by atoms with Crippen LogP contribution in [0.25, 0.3) is 0 Å². The van der Waals surface area contributed by atoms with E-state index < -0.39 is 0 Å². The molecule has 3 heteroatoms. The third kappa shape index (κ3) is 3.58. The fraction of sp³-hybridized carbons (Fsp3) is 0.250. The molecule has 2 aromatic carbocycles. The normalized spacial score (nSPS) is 11.5. The first-order valence-corrected chi connectivity index (χ1v) is 7.13. The first kappa shape index (κ1) is 14.1. The van der Waals surface area contributed by atoms with Gasteiger partial charge in [-0.15, -0.1) is 0 Å². The second-order valence-corrected chi connectivity index (χ2v) is 6.10. The van der Waals surface area contributed by atoms with Crippen molar-refractivity contribution < 1.29 is 0 Å². The highest BCUT2D eigenvalue weighted by Gasteiger charge is 2.19. The molecule has 0 heterocycles. The van der Waals surface area contributed by atoms with Crippen LogP contribution in [-0.2, 0) is 12.1 Å². The van der Waals surface area contributed by atoms with E-state index in [1.54, 1.807) is 0 Å². The summed E-state index contributed by atoms with van der Waals surface area (Å²) >= 11 is 3.46. The molecule has 2 nitrogen and oxygen atoms in total. The molecule has 19 heavy (non-hydrogen) atoms. The van der Waals surface area contributed by atoms with Gasteiger partial charge in [-0.3, -0.25) is 0 Å². The number of nitrogen functional groups attached to an aromatic ring is 1. The van der Waals surface area contributed by atoms with Crippen molar-refractivity contribution in [1.29, 1.82) is 0 Å². The van der Waals surface area contributed by atoms with Crippen LogP contribution in [0.1, 0.15) is 25.0 Å². The van der Waals surface area contributed by atoms with Crippen LogP contribution in [0.15, 0.2) is 53.0 Å². The molecule has 0 bridgehead atoms. The van der Waals surface area contributed by atoms with E-state index in [0.29, 0.717) is 0 Å². The van der Waals surface area contributed by atoms with Gasteiger partial charge in [0, 0.05) is 22.2 Å². The van der Waals surface area contributed by atoms with Crippen molar-refractivity contribution in [3.05, 3.63) is 64.1 Å². The monoisotopic (exact) mass is 318 g/mol. The van der Waals surface area contributed by atoms with Crippen LogP contribution < -0.4 is 11.1 Å². The van der Waals surface area contributed by atoms with Crippen molar-refractivity contribution >= 4 is 21.6 Å². The summed E-state index contributed by atoms with van der Waals surface area (Å²) < 4.78 is 1.10. The molecule has 100 valence electrons. The molecular formula is C16H19BrN2. The molecule has 0 unspecified atom stereocenters. The minimum atomic E-state index is -0.0943. The number of nitrogens with two attached hydrogens (primary N) is 1. The van der Waals surface area contributed by atoms with Gasteiger partial charge < -0.3 is 11.1 Å². The van der Waals surface area contributed by atoms with E-state index in [1.807, 2.05) is 18.2 Å². The predicted octanol–water partition coefficient (Wildman–Crippen LogP) is 4.06. The van der Waals surface area contributed by atoms with Gasteiger partial charge in [-0.05, 0) is 43.2 Å². The molecule has 0 aromatic heterocycles. The Labute approximate surface area is 123 Å². The Morgan fingerprint density at radius 3 is 2.32 bits per heavy atom. The van der Waals surface area contributed by atoms with Gasteiger partial charge in [0.15, 0.2) is 0 Å². The molecule has 3 N–H and O–H groups in total. The van der Waals surface area contributed by atoms with Crippen molar-refractivity contribution in [2.75, 3.05) is 5.73 Å². The lowest BCUT2D eigenvalue weighted by Gasteiger charge is -2.27. The summed E-state index contributed by atoms with van der Waals surface area (Å²) in [5, 5.41) is 3.56. The van der Waals surface area contributed by atoms with E-state index in [4.69, 9.17) is 5.73 Å². The van der Waals surface area contributed by atoms with E-state index in [-0.39, 0.29) is 5.54 Å². The van der Waals surface area contributed by atoms with Crippen molar-refractivity contribution in [3.63, 3.8) is 0 Å². The average molecular weight is 319 g/mol. The first-order chi connectivity index (χ1) is 8.99. The van der Waals surface area contributed by atoms with Gasteiger partial charge in [0.1, 0.15) is 0 Å². The van der Waals surface area contributed by atoms with Crippen LogP contribution in [0.5, 0.6) is 0 Å². The van der Waals surface area contributed by atoms with Crippen LogP contribution in [0.3, 0.4) is 0 Å². The van der Waals surface area contributed by atoms with Crippen molar-refractivity contribution in [2.45, 2.75) is 25.9 Å². The van der Waals surface area contributed by atoms with Crippen LogP contribution in [0.2, 0.25) is 0 Å². The molecule has 0 aliphatic heterocycles. The maximum Gasteiger partial charge on any atom is 0.0380 e. The zero-order valence-electron chi connectivity index (χ0n) is 11.3. The second-order valence-electron chi connectivity index (χ2n) is 5.18. The maximum absolute atomic E-state index is 5.96. The third-order valence-corrected chi connectivity index (χ3v) is 3.87. The number of hydrogen-bond acceptors (Lipinski definition) is 2. The molecule has 0 aliphatic rings. The molecule has 0 spiro atoms. The van der Waals surface area contributed by atoms with Gasteiger partial charge in [0.25, 0.3) is 0 Å². The zero-order valence-corrected chi connectivity index (χ0v) is 12.9. The Hall–Kier alpha value is -1.32. The molecule has 0 fully saturated rings. The highest BCUT2D eigenvalue weighted by Crippen LogP contribution is 2.23. The lowest BCUT2D eigenvalue weighted by molar-refractivity contribution is 0.401. The van der Waals surface area contributed by atoms with E-state index in [1.165, 1.54) is 5.56 Å². The largest absolute Gasteiger partial charge is 0.398 e. The summed E-state index contributed by atoms with van der Waals surface area (Å²) in [5.41, 5.74) is 9.09. The standard InChI is InChI=1S/C16H19BrN2/c1-16(2,13-7-9-14(17)10-8-13)19-11-12-5-3-4-6-15(12)18/h3-10,19H,11,18H2,1-2H3.